The van der Waals surface area contributed by atoms with Gasteiger partial charge in [-0.2, -0.15) is 5.26 Å². The summed E-state index contributed by atoms with van der Waals surface area (Å²) in [4.78, 5) is 12.4. The third kappa shape index (κ3) is 4.74. The van der Waals surface area contributed by atoms with Gasteiger partial charge in [0, 0.05) is 11.3 Å². The Balaban J connectivity index is 1.89. The second-order valence-corrected chi connectivity index (χ2v) is 7.80. The Hall–Kier alpha value is -3.90. The van der Waals surface area contributed by atoms with Crippen LogP contribution in [0.1, 0.15) is 15.9 Å². The predicted molar refractivity (Wildman–Crippen MR) is 109 cm³/mol. The van der Waals surface area contributed by atoms with Crippen LogP contribution in [0.5, 0.6) is 5.75 Å². The summed E-state index contributed by atoms with van der Waals surface area (Å²) in [6.07, 6.45) is 0. The average molecular weight is 425 g/mol. The normalized spacial score (nSPS) is 10.7. The first-order valence-corrected chi connectivity index (χ1v) is 10.1. The maximum atomic E-state index is 13.0. The van der Waals surface area contributed by atoms with Gasteiger partial charge in [-0.25, -0.2) is 12.8 Å². The lowest BCUT2D eigenvalue weighted by Crippen LogP contribution is -2.16. The number of halogens is 1. The van der Waals surface area contributed by atoms with Crippen molar-refractivity contribution in [2.24, 2.45) is 0 Å². The minimum absolute atomic E-state index is 0.0478. The van der Waals surface area contributed by atoms with Crippen molar-refractivity contribution in [2.75, 3.05) is 17.1 Å². The average Bonchev–Trinajstić information content (AvgIpc) is 2.75. The number of sulfonamides is 1. The van der Waals surface area contributed by atoms with E-state index in [4.69, 9.17) is 10.00 Å². The van der Waals surface area contributed by atoms with Gasteiger partial charge in [0.25, 0.3) is 15.9 Å². The van der Waals surface area contributed by atoms with E-state index in [9.17, 15) is 17.6 Å². The Labute approximate surface area is 172 Å². The van der Waals surface area contributed by atoms with Gasteiger partial charge in [0.05, 0.1) is 29.3 Å². The van der Waals surface area contributed by atoms with Crippen molar-refractivity contribution in [2.45, 2.75) is 4.90 Å². The van der Waals surface area contributed by atoms with E-state index in [2.05, 4.69) is 10.0 Å². The highest BCUT2D eigenvalue weighted by Crippen LogP contribution is 2.28. The molecule has 0 aliphatic rings. The van der Waals surface area contributed by atoms with Gasteiger partial charge in [-0.15, -0.1) is 0 Å². The van der Waals surface area contributed by atoms with Gasteiger partial charge in [-0.3, -0.25) is 9.52 Å². The fraction of sp³-hybridized carbons (Fsp3) is 0.0476. The molecule has 0 atom stereocenters. The molecule has 30 heavy (non-hydrogen) atoms. The molecule has 0 saturated carbocycles. The minimum atomic E-state index is -4.04. The van der Waals surface area contributed by atoms with E-state index in [1.165, 1.54) is 73.8 Å². The molecule has 0 aliphatic carbocycles. The van der Waals surface area contributed by atoms with Crippen LogP contribution in [0, 0.1) is 17.1 Å². The first kappa shape index (κ1) is 20.8. The zero-order chi connectivity index (χ0) is 21.7. The van der Waals surface area contributed by atoms with Crippen LogP contribution in [0.3, 0.4) is 0 Å². The number of nitrogens with zero attached hydrogens (tertiary/aromatic N) is 1. The van der Waals surface area contributed by atoms with Gasteiger partial charge in [0.2, 0.25) is 0 Å². The maximum Gasteiger partial charge on any atom is 0.262 e. The van der Waals surface area contributed by atoms with Crippen LogP contribution in [-0.4, -0.2) is 21.4 Å². The van der Waals surface area contributed by atoms with E-state index >= 15 is 0 Å². The molecule has 7 nitrogen and oxygen atoms in total. The standard InChI is InChI=1S/C21H16FN3O4S/c1-29-20-10-5-15(21(26)24-17-8-6-16(22)7-9-17)12-19(20)25-30(27,28)18-4-2-3-14(11-18)13-23/h2-12,25H,1H3,(H,24,26). The molecule has 0 radical (unpaired) electrons. The molecule has 0 heterocycles. The molecule has 0 aromatic heterocycles. The van der Waals surface area contributed by atoms with Crippen molar-refractivity contribution in [3.8, 4) is 11.8 Å². The molecule has 0 bridgehead atoms. The van der Waals surface area contributed by atoms with Gasteiger partial charge in [0.15, 0.2) is 0 Å². The molecule has 0 unspecified atom stereocenters. The number of rotatable bonds is 6. The number of hydrogen-bond acceptors (Lipinski definition) is 5. The van der Waals surface area contributed by atoms with Gasteiger partial charge < -0.3 is 10.1 Å². The van der Waals surface area contributed by atoms with Gasteiger partial charge in [0.1, 0.15) is 11.6 Å². The monoisotopic (exact) mass is 425 g/mol. The third-order valence-corrected chi connectivity index (χ3v) is 5.44. The van der Waals surface area contributed by atoms with Gasteiger partial charge in [-0.05, 0) is 60.7 Å². The van der Waals surface area contributed by atoms with Crippen LogP contribution in [0.4, 0.5) is 15.8 Å². The molecule has 152 valence electrons. The Kier molecular flexibility index (Phi) is 5.99. The third-order valence-electron chi connectivity index (χ3n) is 4.08. The van der Waals surface area contributed by atoms with Crippen LogP contribution >= 0.6 is 0 Å². The fourth-order valence-electron chi connectivity index (χ4n) is 2.60. The molecule has 0 fully saturated rings. The molecule has 3 aromatic rings. The summed E-state index contributed by atoms with van der Waals surface area (Å²) >= 11 is 0. The maximum absolute atomic E-state index is 13.0. The number of benzene rings is 3. The first-order valence-electron chi connectivity index (χ1n) is 8.60. The summed E-state index contributed by atoms with van der Waals surface area (Å²) in [5.41, 5.74) is 0.778. The molecule has 0 aliphatic heterocycles. The highest BCUT2D eigenvalue weighted by molar-refractivity contribution is 7.92. The fourth-order valence-corrected chi connectivity index (χ4v) is 3.71. The van der Waals surface area contributed by atoms with E-state index in [0.717, 1.165) is 0 Å². The Morgan fingerprint density at radius 1 is 1.07 bits per heavy atom. The number of carbonyl (C=O) groups is 1. The van der Waals surface area contributed by atoms with Crippen molar-refractivity contribution < 1.29 is 22.3 Å². The van der Waals surface area contributed by atoms with Crippen LogP contribution in [-0.2, 0) is 10.0 Å². The van der Waals surface area contributed by atoms with E-state index < -0.39 is 21.7 Å². The first-order chi connectivity index (χ1) is 14.3. The highest BCUT2D eigenvalue weighted by Gasteiger charge is 2.19. The van der Waals surface area contributed by atoms with E-state index in [-0.39, 0.29) is 27.5 Å². The minimum Gasteiger partial charge on any atom is -0.495 e. The van der Waals surface area contributed by atoms with Crippen molar-refractivity contribution >= 4 is 27.3 Å². The molecule has 3 aromatic carbocycles. The van der Waals surface area contributed by atoms with Crippen molar-refractivity contribution in [1.29, 1.82) is 5.26 Å². The lowest BCUT2D eigenvalue weighted by atomic mass is 10.1. The zero-order valence-corrected chi connectivity index (χ0v) is 16.5. The molecule has 3 rings (SSSR count). The number of methoxy groups -OCH3 is 1. The molecular formula is C21H16FN3O4S. The lowest BCUT2D eigenvalue weighted by Gasteiger charge is -2.14. The van der Waals surface area contributed by atoms with Crippen LogP contribution in [0.25, 0.3) is 0 Å². The Morgan fingerprint density at radius 2 is 1.80 bits per heavy atom. The number of nitrogens with one attached hydrogen (secondary N) is 2. The largest absolute Gasteiger partial charge is 0.495 e. The molecule has 2 N–H and O–H groups in total. The number of carbonyl (C=O) groups excluding carboxylic acids is 1. The van der Waals surface area contributed by atoms with Gasteiger partial charge in [-0.1, -0.05) is 6.07 Å². The van der Waals surface area contributed by atoms with E-state index in [1.54, 1.807) is 0 Å². The lowest BCUT2D eigenvalue weighted by molar-refractivity contribution is 0.102. The number of nitriles is 1. The van der Waals surface area contributed by atoms with Gasteiger partial charge >= 0.3 is 0 Å². The molecular weight excluding hydrogens is 409 g/mol. The van der Waals surface area contributed by atoms with Crippen molar-refractivity contribution in [3.63, 3.8) is 0 Å². The summed E-state index contributed by atoms with van der Waals surface area (Å²) < 4.78 is 46.0. The van der Waals surface area contributed by atoms with Crippen molar-refractivity contribution in [1.82, 2.24) is 0 Å². The van der Waals surface area contributed by atoms with Crippen molar-refractivity contribution in [3.05, 3.63) is 83.7 Å². The SMILES string of the molecule is COc1ccc(C(=O)Nc2ccc(F)cc2)cc1NS(=O)(=O)c1cccc(C#N)c1. The molecule has 0 spiro atoms. The summed E-state index contributed by atoms with van der Waals surface area (Å²) in [5, 5.41) is 11.6. The number of amides is 1. The number of ether oxygens (including phenoxy) is 1. The Bertz CT molecular complexity index is 1240. The van der Waals surface area contributed by atoms with Crippen LogP contribution in [0.15, 0.2) is 71.6 Å². The summed E-state index contributed by atoms with van der Waals surface area (Å²) in [5.74, 6) is -0.751. The molecule has 9 heteroatoms. The van der Waals surface area contributed by atoms with E-state index in [0.29, 0.717) is 5.69 Å². The van der Waals surface area contributed by atoms with E-state index in [1.807, 2.05) is 6.07 Å². The summed E-state index contributed by atoms with van der Waals surface area (Å²) in [6.45, 7) is 0. The van der Waals surface area contributed by atoms with Crippen LogP contribution in [0.2, 0.25) is 0 Å². The Morgan fingerprint density at radius 3 is 2.47 bits per heavy atom. The smallest absolute Gasteiger partial charge is 0.262 e. The zero-order valence-electron chi connectivity index (χ0n) is 15.7. The predicted octanol–water partition coefficient (Wildman–Crippen LogP) is 3.76. The molecule has 0 saturated heterocycles. The quantitative estimate of drug-likeness (QED) is 0.625. The summed E-state index contributed by atoms with van der Waals surface area (Å²) in [7, 11) is -2.68. The molecule has 1 amide bonds. The highest BCUT2D eigenvalue weighted by atomic mass is 32.2. The van der Waals surface area contributed by atoms with Crippen LogP contribution < -0.4 is 14.8 Å². The summed E-state index contributed by atoms with van der Waals surface area (Å²) in [6, 6.07) is 16.9. The number of hydrogen-bond donors (Lipinski definition) is 2. The topological polar surface area (TPSA) is 108 Å². The second-order valence-electron chi connectivity index (χ2n) is 6.12. The second kappa shape index (κ2) is 8.63. The number of anilines is 2.